The number of nitrogens with zero attached hydrogens (tertiary/aromatic N) is 2. The number of aromatic carboxylic acids is 1. The molecule has 9 nitrogen and oxygen atoms in total. The zero-order chi connectivity index (χ0) is 24.6. The van der Waals surface area contributed by atoms with Crippen LogP contribution in [0.5, 0.6) is 0 Å². The number of carbonyl (C=O) groups is 4. The average molecular weight is 487 g/mol. The summed E-state index contributed by atoms with van der Waals surface area (Å²) < 4.78 is 15.5. The Hall–Kier alpha value is -3.92. The molecule has 11 heteroatoms. The average Bonchev–Trinajstić information content (AvgIpc) is 3.34. The van der Waals surface area contributed by atoms with E-state index in [4.69, 9.17) is 17.3 Å². The molecule has 0 bridgehead atoms. The summed E-state index contributed by atoms with van der Waals surface area (Å²) in [6.45, 7) is -0.285. The first-order valence-corrected chi connectivity index (χ1v) is 10.7. The number of hydrogen-bond acceptors (Lipinski definition) is 4. The van der Waals surface area contributed by atoms with Gasteiger partial charge in [0, 0.05) is 29.4 Å². The lowest BCUT2D eigenvalue weighted by Gasteiger charge is -2.23. The number of carboxylic acid groups (broad SMARTS) is 1. The van der Waals surface area contributed by atoms with E-state index in [0.717, 1.165) is 4.90 Å². The third kappa shape index (κ3) is 4.58. The Kier molecular flexibility index (Phi) is 6.25. The third-order valence-corrected chi connectivity index (χ3v) is 5.87. The van der Waals surface area contributed by atoms with Crippen molar-refractivity contribution < 1.29 is 28.7 Å². The molecule has 4 rings (SSSR count). The summed E-state index contributed by atoms with van der Waals surface area (Å²) >= 11 is 5.96. The fraction of sp³-hybridized carbons (Fsp3) is 0.217. The van der Waals surface area contributed by atoms with E-state index in [9.17, 15) is 28.7 Å². The molecule has 0 saturated carbocycles. The van der Waals surface area contributed by atoms with Crippen LogP contribution in [0.2, 0.25) is 5.02 Å². The second kappa shape index (κ2) is 9.14. The number of anilines is 1. The molecule has 2 atom stereocenters. The molecule has 0 aliphatic carbocycles. The number of hydrogen-bond donors (Lipinski definition) is 3. The van der Waals surface area contributed by atoms with Crippen molar-refractivity contribution >= 4 is 52.0 Å². The van der Waals surface area contributed by atoms with Gasteiger partial charge in [-0.3, -0.25) is 9.36 Å². The molecule has 1 saturated heterocycles. The predicted molar refractivity (Wildman–Crippen MR) is 123 cm³/mol. The number of amides is 3. The van der Waals surface area contributed by atoms with Gasteiger partial charge in [-0.25, -0.2) is 18.8 Å². The van der Waals surface area contributed by atoms with Crippen LogP contribution in [0.3, 0.4) is 0 Å². The third-order valence-electron chi connectivity index (χ3n) is 5.66. The summed E-state index contributed by atoms with van der Waals surface area (Å²) in [7, 11) is 0. The number of likely N-dealkylation sites (tertiary alicyclic amines) is 1. The van der Waals surface area contributed by atoms with Crippen molar-refractivity contribution in [3.63, 3.8) is 0 Å². The summed E-state index contributed by atoms with van der Waals surface area (Å²) in [6, 6.07) is 8.31. The number of alkyl halides is 1. The van der Waals surface area contributed by atoms with Gasteiger partial charge >= 0.3 is 18.0 Å². The van der Waals surface area contributed by atoms with E-state index in [0.29, 0.717) is 16.5 Å². The number of fused-ring (bicyclic) bond motifs is 1. The quantitative estimate of drug-likeness (QED) is 0.505. The molecular weight excluding hydrogens is 467 g/mol. The van der Waals surface area contributed by atoms with Crippen LogP contribution in [0.4, 0.5) is 19.7 Å². The Balaban J connectivity index is 1.56. The van der Waals surface area contributed by atoms with Gasteiger partial charge in [0.25, 0.3) is 0 Å². The molecule has 3 aromatic rings. The number of ketones is 1. The van der Waals surface area contributed by atoms with Crippen molar-refractivity contribution in [2.75, 3.05) is 11.9 Å². The number of benzene rings is 2. The van der Waals surface area contributed by atoms with E-state index >= 15 is 0 Å². The minimum atomic E-state index is -1.40. The highest BCUT2D eigenvalue weighted by Gasteiger charge is 2.39. The van der Waals surface area contributed by atoms with E-state index in [1.807, 2.05) is 0 Å². The van der Waals surface area contributed by atoms with Gasteiger partial charge in [-0.1, -0.05) is 29.8 Å². The Morgan fingerprint density at radius 1 is 1.18 bits per heavy atom. The van der Waals surface area contributed by atoms with Crippen molar-refractivity contribution in [1.29, 1.82) is 0 Å². The van der Waals surface area contributed by atoms with Gasteiger partial charge in [-0.2, -0.15) is 0 Å². The van der Waals surface area contributed by atoms with Crippen LogP contribution in [0, 0.1) is 0 Å². The Labute approximate surface area is 197 Å². The molecule has 34 heavy (non-hydrogen) atoms. The largest absolute Gasteiger partial charge is 0.478 e. The van der Waals surface area contributed by atoms with Gasteiger partial charge in [-0.05, 0) is 29.8 Å². The molecule has 2 aromatic carbocycles. The predicted octanol–water partition coefficient (Wildman–Crippen LogP) is 3.68. The van der Waals surface area contributed by atoms with Gasteiger partial charge in [0.2, 0.25) is 0 Å². The van der Waals surface area contributed by atoms with Crippen molar-refractivity contribution in [3.05, 3.63) is 64.8 Å². The molecule has 2 heterocycles. The number of urea groups is 1. The number of carbonyl (C=O) groups excluding carboxylic acids is 3. The Bertz CT molecular complexity index is 1320. The van der Waals surface area contributed by atoms with Crippen LogP contribution in [0.1, 0.15) is 22.3 Å². The molecule has 176 valence electrons. The lowest BCUT2D eigenvalue weighted by atomic mass is 10.00. The van der Waals surface area contributed by atoms with Crippen LogP contribution < -0.4 is 11.1 Å². The molecular formula is C23H20ClFN4O5. The van der Waals surface area contributed by atoms with E-state index in [1.165, 1.54) is 29.0 Å². The number of aromatic nitrogens is 1. The van der Waals surface area contributed by atoms with Crippen LogP contribution in [0.15, 0.2) is 48.7 Å². The van der Waals surface area contributed by atoms with Crippen molar-refractivity contribution in [1.82, 2.24) is 9.47 Å². The molecule has 1 fully saturated rings. The monoisotopic (exact) mass is 486 g/mol. The first kappa shape index (κ1) is 23.2. The highest BCUT2D eigenvalue weighted by Crippen LogP contribution is 2.28. The van der Waals surface area contributed by atoms with Crippen LogP contribution in [0.25, 0.3) is 10.9 Å². The number of halogens is 2. The summed E-state index contributed by atoms with van der Waals surface area (Å²) in [5.74, 6) is -1.65. The number of nitrogens with one attached hydrogen (secondary N) is 1. The number of Topliss-reactive ketones (excluding diaryl/α,β-unsaturated/α-hetero) is 1. The van der Waals surface area contributed by atoms with Crippen LogP contribution >= 0.6 is 11.6 Å². The lowest BCUT2D eigenvalue weighted by Crippen LogP contribution is -2.43. The normalized spacial score (nSPS) is 17.6. The van der Waals surface area contributed by atoms with E-state index in [-0.39, 0.29) is 35.7 Å². The summed E-state index contributed by atoms with van der Waals surface area (Å²) in [5, 5.41) is 12.5. The van der Waals surface area contributed by atoms with E-state index in [1.54, 1.807) is 24.3 Å². The van der Waals surface area contributed by atoms with Crippen molar-refractivity contribution in [3.8, 4) is 0 Å². The van der Waals surface area contributed by atoms with Crippen LogP contribution in [-0.2, 0) is 11.2 Å². The first-order valence-electron chi connectivity index (χ1n) is 10.3. The maximum Gasteiger partial charge on any atom is 0.335 e. The highest BCUT2D eigenvalue weighted by atomic mass is 35.5. The number of primary amides is 1. The fourth-order valence-electron chi connectivity index (χ4n) is 4.16. The molecule has 0 radical (unpaired) electrons. The molecule has 4 N–H and O–H groups in total. The van der Waals surface area contributed by atoms with Gasteiger partial charge in [-0.15, -0.1) is 0 Å². The minimum Gasteiger partial charge on any atom is -0.478 e. The zero-order valence-corrected chi connectivity index (χ0v) is 18.5. The first-order chi connectivity index (χ1) is 16.1. The maximum atomic E-state index is 14.3. The molecule has 3 amide bonds. The maximum absolute atomic E-state index is 14.3. The van der Waals surface area contributed by atoms with Gasteiger partial charge in [0.1, 0.15) is 6.17 Å². The lowest BCUT2D eigenvalue weighted by molar-refractivity contribution is -0.121. The topological polar surface area (TPSA) is 135 Å². The molecule has 1 aromatic heterocycles. The summed E-state index contributed by atoms with van der Waals surface area (Å²) in [5.41, 5.74) is 6.44. The Morgan fingerprint density at radius 3 is 2.62 bits per heavy atom. The summed E-state index contributed by atoms with van der Waals surface area (Å²) in [6.07, 6.45) is -0.435. The van der Waals surface area contributed by atoms with Gasteiger partial charge in [0.15, 0.2) is 5.78 Å². The molecule has 0 spiro atoms. The van der Waals surface area contributed by atoms with E-state index in [2.05, 4.69) is 5.32 Å². The standard InChI is InChI=1S/C23H20ClFN4O5/c24-14-6-12(5-13(8-14)21(31)32)7-20(30)19-9-15(25)10-29(19)23(34)27-17-11-28(22(26)33)18-4-2-1-3-16(17)18/h1-6,8,11,15,19H,7,9-10H2,(H2,26,33)(H,27,34)(H,31,32)/t15-,19+/m1/s1. The van der Waals surface area contributed by atoms with Crippen LogP contribution in [-0.4, -0.2) is 57.1 Å². The van der Waals surface area contributed by atoms with Gasteiger partial charge in [0.05, 0.1) is 29.4 Å². The summed E-state index contributed by atoms with van der Waals surface area (Å²) in [4.78, 5) is 50.1. The van der Waals surface area contributed by atoms with E-state index < -0.39 is 36.0 Å². The smallest absolute Gasteiger partial charge is 0.335 e. The Morgan fingerprint density at radius 2 is 1.91 bits per heavy atom. The minimum absolute atomic E-state index is 0.0782. The molecule has 1 aliphatic rings. The number of para-hydroxylation sites is 1. The molecule has 1 aliphatic heterocycles. The van der Waals surface area contributed by atoms with Crippen molar-refractivity contribution in [2.45, 2.75) is 25.1 Å². The second-order valence-electron chi connectivity index (χ2n) is 8.00. The zero-order valence-electron chi connectivity index (χ0n) is 17.7. The highest BCUT2D eigenvalue weighted by molar-refractivity contribution is 6.31. The van der Waals surface area contributed by atoms with Gasteiger partial charge < -0.3 is 21.1 Å². The number of carboxylic acids is 1. The number of nitrogens with two attached hydrogens (primary N) is 1. The number of rotatable bonds is 5. The second-order valence-corrected chi connectivity index (χ2v) is 8.43. The fourth-order valence-corrected chi connectivity index (χ4v) is 4.42. The van der Waals surface area contributed by atoms with Crippen molar-refractivity contribution in [2.24, 2.45) is 5.73 Å². The SMILES string of the molecule is NC(=O)n1cc(NC(=O)N2C[C@H](F)C[C@H]2C(=O)Cc2cc(Cl)cc(C(=O)O)c2)c2ccccc21. The molecule has 0 unspecified atom stereocenters.